The van der Waals surface area contributed by atoms with Crippen molar-refractivity contribution in [3.63, 3.8) is 0 Å². The van der Waals surface area contributed by atoms with Gasteiger partial charge in [-0.15, -0.1) is 0 Å². The molecule has 1 atom stereocenters. The van der Waals surface area contributed by atoms with E-state index in [4.69, 9.17) is 0 Å². The van der Waals surface area contributed by atoms with E-state index in [-0.39, 0.29) is 5.56 Å². The number of fused-ring (bicyclic) bond motifs is 1. The molecule has 25 heavy (non-hydrogen) atoms. The fraction of sp³-hybridized carbons (Fsp3) is 0.368. The first-order valence-corrected chi connectivity index (χ1v) is 8.69. The molecule has 0 amide bonds. The van der Waals surface area contributed by atoms with Gasteiger partial charge in [-0.1, -0.05) is 12.1 Å². The number of rotatable bonds is 4. The van der Waals surface area contributed by atoms with Crippen LogP contribution in [0.15, 0.2) is 47.4 Å². The Hall–Kier alpha value is -2.60. The summed E-state index contributed by atoms with van der Waals surface area (Å²) in [6.07, 6.45) is 4.05. The fourth-order valence-corrected chi connectivity index (χ4v) is 3.67. The summed E-state index contributed by atoms with van der Waals surface area (Å²) < 4.78 is 1.46. The van der Waals surface area contributed by atoms with Gasteiger partial charge in [0.15, 0.2) is 5.65 Å². The van der Waals surface area contributed by atoms with Crippen LogP contribution < -0.4 is 10.5 Å². The number of hydrogen-bond acceptors (Lipinski definition) is 4. The van der Waals surface area contributed by atoms with Gasteiger partial charge in [-0.05, 0) is 37.1 Å². The highest BCUT2D eigenvalue weighted by Gasteiger charge is 2.26. The number of hydrogen-bond donors (Lipinski definition) is 1. The first kappa shape index (κ1) is 15.9. The predicted molar refractivity (Wildman–Crippen MR) is 99.0 cm³/mol. The van der Waals surface area contributed by atoms with Gasteiger partial charge in [-0.2, -0.15) is 0 Å². The van der Waals surface area contributed by atoms with E-state index in [9.17, 15) is 4.79 Å². The van der Waals surface area contributed by atoms with E-state index in [1.165, 1.54) is 22.2 Å². The third kappa shape index (κ3) is 3.05. The minimum Gasteiger partial charge on any atom is -0.378 e. The number of likely N-dealkylation sites (tertiary alicyclic amines) is 1. The molecule has 2 aromatic heterocycles. The van der Waals surface area contributed by atoms with Crippen molar-refractivity contribution in [3.8, 4) is 0 Å². The summed E-state index contributed by atoms with van der Waals surface area (Å²) in [5.41, 5.74) is 4.00. The number of benzene rings is 1. The lowest BCUT2D eigenvalue weighted by atomic mass is 10.0. The van der Waals surface area contributed by atoms with Crippen LogP contribution in [0.5, 0.6) is 0 Å². The average molecular weight is 337 g/mol. The van der Waals surface area contributed by atoms with Gasteiger partial charge in [-0.3, -0.25) is 14.8 Å². The normalized spacial score (nSPS) is 18.1. The molecule has 1 aliphatic heterocycles. The lowest BCUT2D eigenvalue weighted by Crippen LogP contribution is -2.25. The minimum absolute atomic E-state index is 0.0599. The molecule has 0 radical (unpaired) electrons. The third-order valence-electron chi connectivity index (χ3n) is 4.93. The summed E-state index contributed by atoms with van der Waals surface area (Å²) >= 11 is 0. The van der Waals surface area contributed by atoms with Gasteiger partial charge in [0, 0.05) is 50.7 Å². The SMILES string of the molecule is CN(C)c1cccc(C2CCCN2Cc2cc(=O)n3[nH]ccc3n2)c1. The topological polar surface area (TPSA) is 56.6 Å². The van der Waals surface area contributed by atoms with E-state index in [0.717, 1.165) is 18.7 Å². The van der Waals surface area contributed by atoms with Gasteiger partial charge in [-0.25, -0.2) is 9.50 Å². The van der Waals surface area contributed by atoms with Crippen molar-refractivity contribution in [2.45, 2.75) is 25.4 Å². The lowest BCUT2D eigenvalue weighted by Gasteiger charge is -2.25. The fourth-order valence-electron chi connectivity index (χ4n) is 3.67. The number of nitrogens with zero attached hydrogens (tertiary/aromatic N) is 4. The quantitative estimate of drug-likeness (QED) is 0.794. The first-order valence-electron chi connectivity index (χ1n) is 8.69. The number of anilines is 1. The Kier molecular flexibility index (Phi) is 4.05. The summed E-state index contributed by atoms with van der Waals surface area (Å²) in [7, 11) is 4.13. The Balaban J connectivity index is 1.61. The second-order valence-corrected chi connectivity index (χ2v) is 6.86. The van der Waals surface area contributed by atoms with Crippen LogP contribution in [-0.2, 0) is 6.54 Å². The molecular formula is C19H23N5O. The number of aromatic nitrogens is 3. The molecule has 130 valence electrons. The maximum absolute atomic E-state index is 12.2. The van der Waals surface area contributed by atoms with Crippen LogP contribution in [0, 0.1) is 0 Å². The molecular weight excluding hydrogens is 314 g/mol. The number of H-pyrrole nitrogens is 1. The Morgan fingerprint density at radius 3 is 3.00 bits per heavy atom. The van der Waals surface area contributed by atoms with Crippen LogP contribution in [0.2, 0.25) is 0 Å². The van der Waals surface area contributed by atoms with E-state index in [2.05, 4.69) is 58.2 Å². The molecule has 0 spiro atoms. The molecule has 1 saturated heterocycles. The molecule has 0 bridgehead atoms. The second-order valence-electron chi connectivity index (χ2n) is 6.86. The predicted octanol–water partition coefficient (Wildman–Crippen LogP) is 2.43. The molecule has 1 N–H and O–H groups in total. The van der Waals surface area contributed by atoms with Gasteiger partial charge in [0.25, 0.3) is 5.56 Å². The maximum atomic E-state index is 12.2. The highest BCUT2D eigenvalue weighted by molar-refractivity contribution is 5.48. The van der Waals surface area contributed by atoms with Crippen LogP contribution in [0.25, 0.3) is 5.65 Å². The van der Waals surface area contributed by atoms with Gasteiger partial charge in [0.1, 0.15) is 0 Å². The maximum Gasteiger partial charge on any atom is 0.272 e. The molecule has 1 aromatic carbocycles. The van der Waals surface area contributed by atoms with Gasteiger partial charge < -0.3 is 4.90 Å². The summed E-state index contributed by atoms with van der Waals surface area (Å²) in [5.74, 6) is 0. The van der Waals surface area contributed by atoms with Crippen molar-refractivity contribution < 1.29 is 0 Å². The van der Waals surface area contributed by atoms with E-state index in [0.29, 0.717) is 18.2 Å². The lowest BCUT2D eigenvalue weighted by molar-refractivity contribution is 0.245. The Bertz CT molecular complexity index is 942. The molecule has 6 heteroatoms. The minimum atomic E-state index is -0.0599. The van der Waals surface area contributed by atoms with E-state index in [1.807, 2.05) is 6.07 Å². The van der Waals surface area contributed by atoms with Crippen molar-refractivity contribution >= 4 is 11.3 Å². The Morgan fingerprint density at radius 2 is 2.16 bits per heavy atom. The van der Waals surface area contributed by atoms with E-state index in [1.54, 1.807) is 12.3 Å². The number of nitrogens with one attached hydrogen (secondary N) is 1. The first-order chi connectivity index (χ1) is 12.1. The van der Waals surface area contributed by atoms with Crippen molar-refractivity contribution in [2.24, 2.45) is 0 Å². The largest absolute Gasteiger partial charge is 0.378 e. The summed E-state index contributed by atoms with van der Waals surface area (Å²) in [6, 6.07) is 12.6. The summed E-state index contributed by atoms with van der Waals surface area (Å²) in [5, 5.41) is 2.88. The molecule has 1 fully saturated rings. The second kappa shape index (κ2) is 6.37. The monoisotopic (exact) mass is 337 g/mol. The smallest absolute Gasteiger partial charge is 0.272 e. The number of aromatic amines is 1. The zero-order valence-corrected chi connectivity index (χ0v) is 14.6. The van der Waals surface area contributed by atoms with Crippen LogP contribution in [-0.4, -0.2) is 40.1 Å². The highest BCUT2D eigenvalue weighted by atomic mass is 16.1. The summed E-state index contributed by atoms with van der Waals surface area (Å²) in [4.78, 5) is 21.3. The zero-order valence-electron chi connectivity index (χ0n) is 14.6. The highest BCUT2D eigenvalue weighted by Crippen LogP contribution is 2.34. The molecule has 1 aliphatic rings. The van der Waals surface area contributed by atoms with Crippen LogP contribution in [0.3, 0.4) is 0 Å². The molecule has 0 aliphatic carbocycles. The van der Waals surface area contributed by atoms with Crippen LogP contribution in [0.4, 0.5) is 5.69 Å². The molecule has 1 unspecified atom stereocenters. The molecule has 3 heterocycles. The van der Waals surface area contributed by atoms with Crippen molar-refractivity contribution in [1.29, 1.82) is 0 Å². The van der Waals surface area contributed by atoms with E-state index >= 15 is 0 Å². The molecule has 4 rings (SSSR count). The average Bonchev–Trinajstić information content (AvgIpc) is 3.24. The Morgan fingerprint density at radius 1 is 1.28 bits per heavy atom. The van der Waals surface area contributed by atoms with Gasteiger partial charge >= 0.3 is 0 Å². The van der Waals surface area contributed by atoms with Gasteiger partial charge in [0.2, 0.25) is 0 Å². The van der Waals surface area contributed by atoms with Gasteiger partial charge in [0.05, 0.1) is 5.69 Å². The van der Waals surface area contributed by atoms with Crippen molar-refractivity contribution in [3.05, 3.63) is 64.2 Å². The molecule has 6 nitrogen and oxygen atoms in total. The van der Waals surface area contributed by atoms with E-state index < -0.39 is 0 Å². The molecule has 0 saturated carbocycles. The Labute approximate surface area is 146 Å². The third-order valence-corrected chi connectivity index (χ3v) is 4.93. The summed E-state index contributed by atoms with van der Waals surface area (Å²) in [6.45, 7) is 1.73. The van der Waals surface area contributed by atoms with Crippen molar-refractivity contribution in [2.75, 3.05) is 25.5 Å². The van der Waals surface area contributed by atoms with Crippen LogP contribution in [0.1, 0.15) is 30.1 Å². The van der Waals surface area contributed by atoms with Crippen molar-refractivity contribution in [1.82, 2.24) is 19.5 Å². The zero-order chi connectivity index (χ0) is 17.4. The molecule has 3 aromatic rings. The van der Waals surface area contributed by atoms with Crippen LogP contribution >= 0.6 is 0 Å². The standard InChI is InChI=1S/C19H23N5O/c1-22(2)16-6-3-5-14(11-16)17-7-4-10-23(17)13-15-12-19(25)24-18(21-15)8-9-20-24/h3,5-6,8-9,11-12,17,20H,4,7,10,13H2,1-2H3.